The van der Waals surface area contributed by atoms with Crippen LogP contribution in [0.2, 0.25) is 0 Å². The van der Waals surface area contributed by atoms with Gasteiger partial charge in [-0.25, -0.2) is 0 Å². The first-order valence-electron chi connectivity index (χ1n) is 8.71. The zero-order chi connectivity index (χ0) is 16.7. The fourth-order valence-corrected chi connectivity index (χ4v) is 3.97. The number of aldehydes is 1. The first kappa shape index (κ1) is 16.4. The van der Waals surface area contributed by atoms with Crippen molar-refractivity contribution in [1.29, 1.82) is 0 Å². The van der Waals surface area contributed by atoms with E-state index in [-0.39, 0.29) is 17.6 Å². The van der Waals surface area contributed by atoms with Gasteiger partial charge in [0.05, 0.1) is 17.6 Å². The molecule has 23 heavy (non-hydrogen) atoms. The maximum absolute atomic E-state index is 11.8. The average molecular weight is 314 g/mol. The third-order valence-electron chi connectivity index (χ3n) is 5.29. The molecule has 1 heterocycles. The molecular formula is C20H26O3. The molecule has 0 amide bonds. The second kappa shape index (κ2) is 5.88. The van der Waals surface area contributed by atoms with Gasteiger partial charge in [0.2, 0.25) is 0 Å². The highest BCUT2D eigenvalue weighted by molar-refractivity contribution is 5.91. The van der Waals surface area contributed by atoms with Crippen molar-refractivity contribution in [1.82, 2.24) is 0 Å². The van der Waals surface area contributed by atoms with Crippen molar-refractivity contribution >= 4 is 11.9 Å². The Bertz CT molecular complexity index is 624. The highest BCUT2D eigenvalue weighted by Crippen LogP contribution is 2.54. The fraction of sp³-hybridized carbons (Fsp3) is 0.550. The molecule has 3 heteroatoms. The van der Waals surface area contributed by atoms with Crippen LogP contribution in [0.25, 0.3) is 5.57 Å². The van der Waals surface area contributed by atoms with Gasteiger partial charge in [0, 0.05) is 6.42 Å². The molecule has 1 aliphatic heterocycles. The summed E-state index contributed by atoms with van der Waals surface area (Å²) < 4.78 is 12.2. The predicted molar refractivity (Wildman–Crippen MR) is 91.0 cm³/mol. The van der Waals surface area contributed by atoms with Crippen LogP contribution in [0.3, 0.4) is 0 Å². The predicted octanol–water partition coefficient (Wildman–Crippen LogP) is 4.15. The van der Waals surface area contributed by atoms with Gasteiger partial charge in [-0.15, -0.1) is 0 Å². The van der Waals surface area contributed by atoms with Crippen molar-refractivity contribution < 1.29 is 14.3 Å². The van der Waals surface area contributed by atoms with Crippen molar-refractivity contribution in [2.75, 3.05) is 0 Å². The minimum Gasteiger partial charge on any atom is -0.341 e. The van der Waals surface area contributed by atoms with Gasteiger partial charge in [-0.2, -0.15) is 0 Å². The van der Waals surface area contributed by atoms with Gasteiger partial charge in [-0.05, 0) is 49.5 Å². The van der Waals surface area contributed by atoms with Gasteiger partial charge in [0.15, 0.2) is 5.79 Å². The average Bonchev–Trinajstić information content (AvgIpc) is 3.05. The van der Waals surface area contributed by atoms with Crippen molar-refractivity contribution in [3.05, 3.63) is 41.5 Å². The number of fused-ring (bicyclic) bond motifs is 3. The van der Waals surface area contributed by atoms with E-state index in [1.54, 1.807) is 0 Å². The van der Waals surface area contributed by atoms with Gasteiger partial charge in [-0.3, -0.25) is 0 Å². The maximum Gasteiger partial charge on any atom is 0.189 e. The van der Waals surface area contributed by atoms with E-state index in [1.807, 2.05) is 39.8 Å². The van der Waals surface area contributed by atoms with E-state index in [0.717, 1.165) is 31.1 Å². The Balaban J connectivity index is 0.000000753. The topological polar surface area (TPSA) is 35.5 Å². The SMILES string of the molecule is CC.CC1OC2(C=C3c4ccccc4CC3(C=O)CC2)OC1C. The summed E-state index contributed by atoms with van der Waals surface area (Å²) in [6.07, 6.45) is 5.72. The number of hydrogen-bond donors (Lipinski definition) is 0. The van der Waals surface area contributed by atoms with Gasteiger partial charge in [0.1, 0.15) is 6.29 Å². The lowest BCUT2D eigenvalue weighted by Gasteiger charge is -2.37. The summed E-state index contributed by atoms with van der Waals surface area (Å²) in [5.41, 5.74) is 3.16. The van der Waals surface area contributed by atoms with E-state index < -0.39 is 5.79 Å². The quantitative estimate of drug-likeness (QED) is 0.730. The summed E-state index contributed by atoms with van der Waals surface area (Å²) in [5, 5.41) is 0. The Hall–Kier alpha value is -1.45. The Kier molecular flexibility index (Phi) is 4.19. The van der Waals surface area contributed by atoms with Crippen LogP contribution in [-0.4, -0.2) is 24.3 Å². The van der Waals surface area contributed by atoms with E-state index in [2.05, 4.69) is 18.2 Å². The van der Waals surface area contributed by atoms with Crippen LogP contribution < -0.4 is 0 Å². The van der Waals surface area contributed by atoms with E-state index in [0.29, 0.717) is 0 Å². The van der Waals surface area contributed by atoms with E-state index in [1.165, 1.54) is 11.1 Å². The molecule has 0 saturated carbocycles. The lowest BCUT2D eigenvalue weighted by Crippen LogP contribution is -2.38. The fourth-order valence-electron chi connectivity index (χ4n) is 3.97. The standard InChI is InChI=1S/C18H20O3.C2H6/c1-12-13(2)21-18(20-12)8-7-17(11-19)9-14-5-3-4-6-15(14)16(17)10-18;1-2/h3-6,10-13H,7-9H2,1-2H3;1-2H3. The molecule has 124 valence electrons. The zero-order valence-electron chi connectivity index (χ0n) is 14.5. The molecule has 2 aliphatic carbocycles. The second-order valence-electron chi connectivity index (χ2n) is 6.62. The van der Waals surface area contributed by atoms with Crippen molar-refractivity contribution in [2.24, 2.45) is 5.41 Å². The molecule has 0 radical (unpaired) electrons. The van der Waals surface area contributed by atoms with E-state index in [4.69, 9.17) is 9.47 Å². The minimum absolute atomic E-state index is 0.0854. The Labute approximate surface area is 138 Å². The van der Waals surface area contributed by atoms with Crippen LogP contribution >= 0.6 is 0 Å². The molecule has 1 spiro atoms. The highest BCUT2D eigenvalue weighted by atomic mass is 16.8. The van der Waals surface area contributed by atoms with Crippen LogP contribution in [0.5, 0.6) is 0 Å². The number of hydrogen-bond acceptors (Lipinski definition) is 3. The molecule has 1 aromatic rings. The number of carbonyl (C=O) groups excluding carboxylic acids is 1. The van der Waals surface area contributed by atoms with E-state index >= 15 is 0 Å². The van der Waals surface area contributed by atoms with Gasteiger partial charge in [-0.1, -0.05) is 38.1 Å². The van der Waals surface area contributed by atoms with Crippen molar-refractivity contribution in [2.45, 2.75) is 65.0 Å². The first-order valence-corrected chi connectivity index (χ1v) is 8.71. The molecule has 4 rings (SSSR count). The summed E-state index contributed by atoms with van der Waals surface area (Å²) >= 11 is 0. The molecule has 1 fully saturated rings. The Morgan fingerprint density at radius 1 is 1.09 bits per heavy atom. The van der Waals surface area contributed by atoms with Crippen molar-refractivity contribution in [3.63, 3.8) is 0 Å². The third kappa shape index (κ3) is 2.47. The summed E-state index contributed by atoms with van der Waals surface area (Å²) in [7, 11) is 0. The Morgan fingerprint density at radius 3 is 2.39 bits per heavy atom. The highest BCUT2D eigenvalue weighted by Gasteiger charge is 2.52. The molecule has 1 aromatic carbocycles. The molecule has 1 saturated heterocycles. The summed E-state index contributed by atoms with van der Waals surface area (Å²) in [6.45, 7) is 8.09. The van der Waals surface area contributed by atoms with Crippen LogP contribution in [0.4, 0.5) is 0 Å². The third-order valence-corrected chi connectivity index (χ3v) is 5.29. The lowest BCUT2D eigenvalue weighted by atomic mass is 9.72. The van der Waals surface area contributed by atoms with Crippen LogP contribution in [0.1, 0.15) is 51.7 Å². The largest absolute Gasteiger partial charge is 0.341 e. The monoisotopic (exact) mass is 314 g/mol. The van der Waals surface area contributed by atoms with Crippen LogP contribution in [0.15, 0.2) is 30.3 Å². The zero-order valence-corrected chi connectivity index (χ0v) is 14.5. The normalized spacial score (nSPS) is 37.5. The minimum atomic E-state index is -0.641. The molecule has 0 N–H and O–H groups in total. The molecule has 0 bridgehead atoms. The number of rotatable bonds is 1. The van der Waals surface area contributed by atoms with Gasteiger partial charge in [0.25, 0.3) is 0 Å². The van der Waals surface area contributed by atoms with Gasteiger partial charge >= 0.3 is 0 Å². The molecule has 3 aliphatic rings. The summed E-state index contributed by atoms with van der Waals surface area (Å²) in [5.74, 6) is -0.641. The number of allylic oxidation sites excluding steroid dienone is 1. The number of ether oxygens (including phenoxy) is 2. The molecule has 3 unspecified atom stereocenters. The van der Waals surface area contributed by atoms with Crippen LogP contribution in [-0.2, 0) is 20.7 Å². The molecular weight excluding hydrogens is 288 g/mol. The lowest BCUT2D eigenvalue weighted by molar-refractivity contribution is -0.147. The summed E-state index contributed by atoms with van der Waals surface area (Å²) in [6, 6.07) is 8.29. The second-order valence-corrected chi connectivity index (χ2v) is 6.62. The number of carbonyl (C=O) groups is 1. The maximum atomic E-state index is 11.8. The smallest absolute Gasteiger partial charge is 0.189 e. The molecule has 3 nitrogen and oxygen atoms in total. The first-order chi connectivity index (χ1) is 11.1. The van der Waals surface area contributed by atoms with Crippen LogP contribution in [0, 0.1) is 5.41 Å². The summed E-state index contributed by atoms with van der Waals surface area (Å²) in [4.78, 5) is 11.8. The molecule has 3 atom stereocenters. The van der Waals surface area contributed by atoms with Crippen molar-refractivity contribution in [3.8, 4) is 0 Å². The number of benzene rings is 1. The molecule has 0 aromatic heterocycles. The van der Waals surface area contributed by atoms with E-state index in [9.17, 15) is 4.79 Å². The van der Waals surface area contributed by atoms with Gasteiger partial charge < -0.3 is 14.3 Å². The Morgan fingerprint density at radius 2 is 1.74 bits per heavy atom.